The highest BCUT2D eigenvalue weighted by Gasteiger charge is 2.07. The lowest BCUT2D eigenvalue weighted by Gasteiger charge is -2.11. The average Bonchev–Trinajstić information content (AvgIpc) is 3.16. The maximum absolute atomic E-state index is 12.0. The van der Waals surface area contributed by atoms with Crippen LogP contribution in [0.25, 0.3) is 5.65 Å². The number of amides is 1. The van der Waals surface area contributed by atoms with Crippen molar-refractivity contribution in [1.82, 2.24) is 24.9 Å². The minimum Gasteiger partial charge on any atom is -0.357 e. The molecule has 31 heavy (non-hydrogen) atoms. The standard InChI is InChI=1S/C23H30N6O.HI/c1-5-24-23(26-15-18-8-10-19(11-9-18)22(30)28(3)4)25-13-12-20-16-29-14-6-7-17(2)21(29)27-20;/h6-11,14,16H,5,12-13,15H2,1-4H3,(H2,24,25,26);1H. The molecule has 1 aromatic carbocycles. The van der Waals surface area contributed by atoms with Crippen LogP contribution in [0.15, 0.2) is 53.8 Å². The maximum atomic E-state index is 12.0. The molecular formula is C23H31IN6O. The maximum Gasteiger partial charge on any atom is 0.253 e. The lowest BCUT2D eigenvalue weighted by atomic mass is 10.1. The quantitative estimate of drug-likeness (QED) is 0.277. The van der Waals surface area contributed by atoms with Crippen molar-refractivity contribution in [3.05, 3.63) is 71.2 Å². The van der Waals surface area contributed by atoms with Gasteiger partial charge in [-0.1, -0.05) is 18.2 Å². The molecule has 0 aliphatic heterocycles. The van der Waals surface area contributed by atoms with Crippen molar-refractivity contribution in [3.8, 4) is 0 Å². The van der Waals surface area contributed by atoms with Gasteiger partial charge in [0.2, 0.25) is 0 Å². The van der Waals surface area contributed by atoms with Gasteiger partial charge in [-0.25, -0.2) is 9.98 Å². The van der Waals surface area contributed by atoms with Gasteiger partial charge >= 0.3 is 0 Å². The molecule has 3 aromatic rings. The lowest BCUT2D eigenvalue weighted by Crippen LogP contribution is -2.38. The highest BCUT2D eigenvalue weighted by Crippen LogP contribution is 2.10. The number of benzene rings is 1. The molecule has 0 spiro atoms. The molecule has 0 radical (unpaired) electrons. The number of imidazole rings is 1. The lowest BCUT2D eigenvalue weighted by molar-refractivity contribution is 0.0827. The Labute approximate surface area is 201 Å². The van der Waals surface area contributed by atoms with Crippen molar-refractivity contribution in [2.45, 2.75) is 26.8 Å². The zero-order valence-electron chi connectivity index (χ0n) is 18.6. The summed E-state index contributed by atoms with van der Waals surface area (Å²) in [6.45, 7) is 6.19. The molecule has 0 unspecified atom stereocenters. The van der Waals surface area contributed by atoms with Crippen LogP contribution in [0.4, 0.5) is 0 Å². The summed E-state index contributed by atoms with van der Waals surface area (Å²) in [5.41, 5.74) is 4.96. The van der Waals surface area contributed by atoms with E-state index in [-0.39, 0.29) is 29.9 Å². The molecule has 1 amide bonds. The van der Waals surface area contributed by atoms with E-state index in [0.717, 1.165) is 42.4 Å². The summed E-state index contributed by atoms with van der Waals surface area (Å²) in [6, 6.07) is 11.7. The topological polar surface area (TPSA) is 74.0 Å². The molecule has 0 atom stereocenters. The van der Waals surface area contributed by atoms with Crippen molar-refractivity contribution in [2.75, 3.05) is 27.2 Å². The van der Waals surface area contributed by atoms with Crippen LogP contribution >= 0.6 is 24.0 Å². The van der Waals surface area contributed by atoms with Gasteiger partial charge in [-0.2, -0.15) is 0 Å². The fourth-order valence-corrected chi connectivity index (χ4v) is 3.16. The molecule has 7 nitrogen and oxygen atoms in total. The molecule has 0 saturated heterocycles. The Morgan fingerprint density at radius 3 is 2.55 bits per heavy atom. The van der Waals surface area contributed by atoms with Crippen LogP contribution in [0.5, 0.6) is 0 Å². The van der Waals surface area contributed by atoms with E-state index in [1.807, 2.05) is 43.5 Å². The number of aromatic nitrogens is 2. The summed E-state index contributed by atoms with van der Waals surface area (Å²) in [7, 11) is 3.50. The SMILES string of the molecule is CCNC(=NCc1ccc(C(=O)N(C)C)cc1)NCCc1cn2cccc(C)c2n1.I. The Hall–Kier alpha value is -2.62. The number of nitrogens with one attached hydrogen (secondary N) is 2. The van der Waals surface area contributed by atoms with Crippen LogP contribution in [0, 0.1) is 6.92 Å². The first-order valence-electron chi connectivity index (χ1n) is 10.2. The van der Waals surface area contributed by atoms with E-state index in [0.29, 0.717) is 12.1 Å². The minimum atomic E-state index is 0. The number of nitrogens with zero attached hydrogens (tertiary/aromatic N) is 4. The van der Waals surface area contributed by atoms with E-state index in [1.54, 1.807) is 19.0 Å². The summed E-state index contributed by atoms with van der Waals surface area (Å²) in [4.78, 5) is 22.9. The number of guanidine groups is 1. The number of aryl methyl sites for hydroxylation is 1. The largest absolute Gasteiger partial charge is 0.357 e. The van der Waals surface area contributed by atoms with E-state index in [1.165, 1.54) is 5.56 Å². The first-order valence-corrected chi connectivity index (χ1v) is 10.2. The first-order chi connectivity index (χ1) is 14.5. The van der Waals surface area contributed by atoms with Crippen LogP contribution in [0.3, 0.4) is 0 Å². The molecule has 166 valence electrons. The van der Waals surface area contributed by atoms with Gasteiger partial charge < -0.3 is 19.9 Å². The van der Waals surface area contributed by atoms with Gasteiger partial charge in [0, 0.05) is 51.6 Å². The smallest absolute Gasteiger partial charge is 0.253 e. The molecule has 8 heteroatoms. The molecule has 2 heterocycles. The van der Waals surface area contributed by atoms with Gasteiger partial charge in [-0.15, -0.1) is 24.0 Å². The Morgan fingerprint density at radius 2 is 1.90 bits per heavy atom. The van der Waals surface area contributed by atoms with Crippen LogP contribution in [-0.4, -0.2) is 53.3 Å². The minimum absolute atomic E-state index is 0. The Kier molecular flexibility index (Phi) is 9.29. The van der Waals surface area contributed by atoms with Gasteiger partial charge in [0.15, 0.2) is 5.96 Å². The molecular weight excluding hydrogens is 503 g/mol. The van der Waals surface area contributed by atoms with Crippen molar-refractivity contribution in [3.63, 3.8) is 0 Å². The van der Waals surface area contributed by atoms with Crippen molar-refractivity contribution in [1.29, 1.82) is 0 Å². The molecule has 0 saturated carbocycles. The fraction of sp³-hybridized carbons (Fsp3) is 0.348. The summed E-state index contributed by atoms with van der Waals surface area (Å²) in [5, 5.41) is 6.64. The molecule has 0 bridgehead atoms. The third-order valence-corrected chi connectivity index (χ3v) is 4.77. The predicted octanol–water partition coefficient (Wildman–Crippen LogP) is 3.26. The predicted molar refractivity (Wildman–Crippen MR) is 136 cm³/mol. The number of rotatable bonds is 7. The summed E-state index contributed by atoms with van der Waals surface area (Å²) < 4.78 is 2.06. The van der Waals surface area contributed by atoms with Crippen LogP contribution in [0.2, 0.25) is 0 Å². The number of hydrogen-bond donors (Lipinski definition) is 2. The van der Waals surface area contributed by atoms with Crippen molar-refractivity contribution >= 4 is 41.5 Å². The summed E-state index contributed by atoms with van der Waals surface area (Å²) in [5.74, 6) is 0.771. The van der Waals surface area contributed by atoms with Crippen LogP contribution < -0.4 is 10.6 Å². The third-order valence-electron chi connectivity index (χ3n) is 4.77. The number of halogens is 1. The van der Waals surface area contributed by atoms with Gasteiger partial charge in [0.1, 0.15) is 5.65 Å². The van der Waals surface area contributed by atoms with Crippen LogP contribution in [-0.2, 0) is 13.0 Å². The monoisotopic (exact) mass is 534 g/mol. The Bertz CT molecular complexity index is 1030. The number of carbonyl (C=O) groups excluding carboxylic acids is 1. The molecule has 2 N–H and O–H groups in total. The molecule has 0 aliphatic rings. The number of hydrogen-bond acceptors (Lipinski definition) is 3. The normalized spacial score (nSPS) is 11.2. The highest BCUT2D eigenvalue weighted by atomic mass is 127. The third kappa shape index (κ3) is 6.68. The number of fused-ring (bicyclic) bond motifs is 1. The van der Waals surface area contributed by atoms with E-state index >= 15 is 0 Å². The van der Waals surface area contributed by atoms with Crippen molar-refractivity contribution in [2.24, 2.45) is 4.99 Å². The second-order valence-corrected chi connectivity index (χ2v) is 7.42. The fourth-order valence-electron chi connectivity index (χ4n) is 3.16. The highest BCUT2D eigenvalue weighted by molar-refractivity contribution is 14.0. The molecule has 2 aromatic heterocycles. The van der Waals surface area contributed by atoms with Gasteiger partial charge in [-0.3, -0.25) is 4.79 Å². The zero-order chi connectivity index (χ0) is 21.5. The molecule has 0 aliphatic carbocycles. The number of carbonyl (C=O) groups is 1. The molecule has 0 fully saturated rings. The second kappa shape index (κ2) is 11.7. The van der Waals surface area contributed by atoms with E-state index in [9.17, 15) is 4.79 Å². The van der Waals surface area contributed by atoms with Gasteiger partial charge in [0.05, 0.1) is 12.2 Å². The van der Waals surface area contributed by atoms with E-state index in [4.69, 9.17) is 4.98 Å². The first kappa shape index (κ1) is 24.6. The Balaban J connectivity index is 0.00000341. The van der Waals surface area contributed by atoms with Crippen LogP contribution in [0.1, 0.15) is 34.1 Å². The van der Waals surface area contributed by atoms with Gasteiger partial charge in [0.25, 0.3) is 5.91 Å². The van der Waals surface area contributed by atoms with Crippen molar-refractivity contribution < 1.29 is 4.79 Å². The summed E-state index contributed by atoms with van der Waals surface area (Å²) in [6.07, 6.45) is 4.91. The van der Waals surface area contributed by atoms with Gasteiger partial charge in [-0.05, 0) is 43.2 Å². The zero-order valence-corrected chi connectivity index (χ0v) is 20.9. The molecule has 3 rings (SSSR count). The number of aliphatic imine (C=N–C) groups is 1. The number of pyridine rings is 1. The Morgan fingerprint density at radius 1 is 1.16 bits per heavy atom. The second-order valence-electron chi connectivity index (χ2n) is 7.42. The van der Waals surface area contributed by atoms with E-state index in [2.05, 4.69) is 39.2 Å². The van der Waals surface area contributed by atoms with E-state index < -0.39 is 0 Å². The average molecular weight is 534 g/mol. The summed E-state index contributed by atoms with van der Waals surface area (Å²) >= 11 is 0.